The Kier molecular flexibility index (Phi) is 5.18. The Balaban J connectivity index is 2.20. The maximum absolute atomic E-state index is 9.84. The summed E-state index contributed by atoms with van der Waals surface area (Å²) in [6, 6.07) is 0. The van der Waals surface area contributed by atoms with Crippen LogP contribution >= 0.6 is 0 Å². The number of morpholine rings is 1. The molecule has 0 aromatic rings. The summed E-state index contributed by atoms with van der Waals surface area (Å²) in [5, 5.41) is 9.84. The van der Waals surface area contributed by atoms with E-state index in [1.807, 2.05) is 20.8 Å². The lowest BCUT2D eigenvalue weighted by atomic mass is 10.2. The second-order valence-electron chi connectivity index (χ2n) is 5.52. The highest BCUT2D eigenvalue weighted by Crippen LogP contribution is 2.09. The quantitative estimate of drug-likeness (QED) is 0.780. The van der Waals surface area contributed by atoms with Gasteiger partial charge in [0.15, 0.2) is 0 Å². The van der Waals surface area contributed by atoms with Crippen LogP contribution in [0, 0.1) is 0 Å². The Hall–Kier alpha value is -0.160. The van der Waals surface area contributed by atoms with Crippen LogP contribution in [0.4, 0.5) is 0 Å². The van der Waals surface area contributed by atoms with Crippen molar-refractivity contribution >= 4 is 0 Å². The lowest BCUT2D eigenvalue weighted by Gasteiger charge is -2.33. The van der Waals surface area contributed by atoms with Gasteiger partial charge in [-0.25, -0.2) is 0 Å². The van der Waals surface area contributed by atoms with Crippen LogP contribution in [-0.2, 0) is 9.47 Å². The maximum atomic E-state index is 9.84. The molecule has 4 heteroatoms. The van der Waals surface area contributed by atoms with Crippen molar-refractivity contribution in [1.29, 1.82) is 0 Å². The van der Waals surface area contributed by atoms with Crippen LogP contribution in [0.25, 0.3) is 0 Å². The minimum absolute atomic E-state index is 0.181. The first-order valence-electron chi connectivity index (χ1n) is 6.03. The first-order chi connectivity index (χ1) is 7.37. The van der Waals surface area contributed by atoms with Gasteiger partial charge in [0, 0.05) is 19.6 Å². The molecule has 0 radical (unpaired) electrons. The van der Waals surface area contributed by atoms with Crippen LogP contribution in [0.3, 0.4) is 0 Å². The van der Waals surface area contributed by atoms with Gasteiger partial charge in [-0.3, -0.25) is 4.90 Å². The molecule has 1 saturated heterocycles. The molecule has 1 fully saturated rings. The van der Waals surface area contributed by atoms with E-state index in [4.69, 9.17) is 9.47 Å². The molecule has 4 nitrogen and oxygen atoms in total. The summed E-state index contributed by atoms with van der Waals surface area (Å²) < 4.78 is 11.0. The molecule has 2 atom stereocenters. The highest BCUT2D eigenvalue weighted by atomic mass is 16.5. The summed E-state index contributed by atoms with van der Waals surface area (Å²) in [6.07, 6.45) is -0.144. The maximum Gasteiger partial charge on any atom is 0.0900 e. The second kappa shape index (κ2) is 5.96. The summed E-state index contributed by atoms with van der Waals surface area (Å²) in [4.78, 5) is 2.23. The van der Waals surface area contributed by atoms with Crippen molar-refractivity contribution in [1.82, 2.24) is 4.90 Å². The fourth-order valence-electron chi connectivity index (χ4n) is 1.75. The molecule has 1 aliphatic heterocycles. The van der Waals surface area contributed by atoms with Gasteiger partial charge in [-0.15, -0.1) is 0 Å². The molecule has 0 saturated carbocycles. The summed E-state index contributed by atoms with van der Waals surface area (Å²) in [5.74, 6) is 0. The minimum Gasteiger partial charge on any atom is -0.389 e. The normalized spacial score (nSPS) is 25.7. The van der Waals surface area contributed by atoms with Crippen molar-refractivity contribution in [3.05, 3.63) is 0 Å². The fourth-order valence-corrected chi connectivity index (χ4v) is 1.75. The van der Waals surface area contributed by atoms with E-state index in [0.717, 1.165) is 19.7 Å². The molecule has 1 N–H and O–H groups in total. The van der Waals surface area contributed by atoms with Gasteiger partial charge in [0.25, 0.3) is 0 Å². The van der Waals surface area contributed by atoms with Gasteiger partial charge < -0.3 is 14.6 Å². The van der Waals surface area contributed by atoms with Crippen molar-refractivity contribution in [2.24, 2.45) is 0 Å². The van der Waals surface area contributed by atoms with Crippen molar-refractivity contribution in [3.63, 3.8) is 0 Å². The average Bonchev–Trinajstić information content (AvgIpc) is 2.14. The number of nitrogens with zero attached hydrogens (tertiary/aromatic N) is 1. The summed E-state index contributed by atoms with van der Waals surface area (Å²) in [6.45, 7) is 11.7. The SMILES string of the molecule is CC1CN(CC(O)COC(C)(C)C)CCO1. The molecular weight excluding hydrogens is 206 g/mol. The zero-order valence-corrected chi connectivity index (χ0v) is 10.9. The summed E-state index contributed by atoms with van der Waals surface area (Å²) >= 11 is 0. The molecule has 2 unspecified atom stereocenters. The Bertz CT molecular complexity index is 203. The van der Waals surface area contributed by atoms with Crippen LogP contribution in [0.2, 0.25) is 0 Å². The number of hydrogen-bond acceptors (Lipinski definition) is 4. The predicted molar refractivity (Wildman–Crippen MR) is 63.6 cm³/mol. The highest BCUT2D eigenvalue weighted by Gasteiger charge is 2.20. The van der Waals surface area contributed by atoms with Crippen LogP contribution in [0.15, 0.2) is 0 Å². The Labute approximate surface area is 98.5 Å². The van der Waals surface area contributed by atoms with Gasteiger partial charge in [-0.2, -0.15) is 0 Å². The Morgan fingerprint density at radius 2 is 2.19 bits per heavy atom. The molecule has 0 bridgehead atoms. The van der Waals surface area contributed by atoms with Gasteiger partial charge >= 0.3 is 0 Å². The van der Waals surface area contributed by atoms with Crippen molar-refractivity contribution < 1.29 is 14.6 Å². The standard InChI is InChI=1S/C12H25NO3/c1-10-7-13(5-6-15-10)8-11(14)9-16-12(2,3)4/h10-11,14H,5-9H2,1-4H3. The number of aliphatic hydroxyl groups excluding tert-OH is 1. The van der Waals surface area contributed by atoms with Crippen molar-refractivity contribution in [3.8, 4) is 0 Å². The number of ether oxygens (including phenoxy) is 2. The highest BCUT2D eigenvalue weighted by molar-refractivity contribution is 4.72. The van der Waals surface area contributed by atoms with Gasteiger partial charge in [-0.05, 0) is 27.7 Å². The van der Waals surface area contributed by atoms with Gasteiger partial charge in [-0.1, -0.05) is 0 Å². The average molecular weight is 231 g/mol. The first kappa shape index (κ1) is 13.9. The van der Waals surface area contributed by atoms with E-state index < -0.39 is 6.10 Å². The molecule has 0 aromatic carbocycles. The Morgan fingerprint density at radius 3 is 2.75 bits per heavy atom. The van der Waals surface area contributed by atoms with Crippen LogP contribution in [0.5, 0.6) is 0 Å². The molecule has 0 amide bonds. The molecule has 1 heterocycles. The zero-order valence-electron chi connectivity index (χ0n) is 10.9. The van der Waals surface area contributed by atoms with E-state index in [1.54, 1.807) is 0 Å². The summed E-state index contributed by atoms with van der Waals surface area (Å²) in [5.41, 5.74) is -0.181. The van der Waals surface area contributed by atoms with Gasteiger partial charge in [0.05, 0.1) is 31.0 Å². The van der Waals surface area contributed by atoms with E-state index in [0.29, 0.717) is 13.2 Å². The summed E-state index contributed by atoms with van der Waals surface area (Å²) in [7, 11) is 0. The largest absolute Gasteiger partial charge is 0.389 e. The molecule has 0 aliphatic carbocycles. The fraction of sp³-hybridized carbons (Fsp3) is 1.00. The third-order valence-corrected chi connectivity index (χ3v) is 2.50. The van der Waals surface area contributed by atoms with Crippen LogP contribution in [0.1, 0.15) is 27.7 Å². The smallest absolute Gasteiger partial charge is 0.0900 e. The monoisotopic (exact) mass is 231 g/mol. The topological polar surface area (TPSA) is 41.9 Å². The predicted octanol–water partition coefficient (Wildman–Crippen LogP) is 0.883. The molecule has 0 spiro atoms. The van der Waals surface area contributed by atoms with E-state index in [2.05, 4.69) is 11.8 Å². The zero-order chi connectivity index (χ0) is 12.2. The molecule has 1 aliphatic rings. The molecule has 1 rings (SSSR count). The number of hydrogen-bond donors (Lipinski definition) is 1. The van der Waals surface area contributed by atoms with E-state index in [-0.39, 0.29) is 11.7 Å². The van der Waals surface area contributed by atoms with E-state index in [9.17, 15) is 5.11 Å². The second-order valence-corrected chi connectivity index (χ2v) is 5.52. The Morgan fingerprint density at radius 1 is 1.50 bits per heavy atom. The van der Waals surface area contributed by atoms with Crippen LogP contribution < -0.4 is 0 Å². The molecule has 96 valence electrons. The first-order valence-corrected chi connectivity index (χ1v) is 6.03. The third-order valence-electron chi connectivity index (χ3n) is 2.50. The van der Waals surface area contributed by atoms with E-state index >= 15 is 0 Å². The number of β-amino-alcohol motifs (C(OH)–C–C–N with tert-alkyl or cyclic N) is 1. The van der Waals surface area contributed by atoms with Crippen molar-refractivity contribution in [2.75, 3.05) is 32.8 Å². The van der Waals surface area contributed by atoms with Gasteiger partial charge in [0.2, 0.25) is 0 Å². The lowest BCUT2D eigenvalue weighted by molar-refractivity contribution is -0.0722. The third kappa shape index (κ3) is 5.80. The number of aliphatic hydroxyl groups is 1. The van der Waals surface area contributed by atoms with Gasteiger partial charge in [0.1, 0.15) is 0 Å². The van der Waals surface area contributed by atoms with E-state index in [1.165, 1.54) is 0 Å². The molecule has 16 heavy (non-hydrogen) atoms. The molecular formula is C12H25NO3. The molecule has 0 aromatic heterocycles. The van der Waals surface area contributed by atoms with Crippen molar-refractivity contribution in [2.45, 2.75) is 45.5 Å². The number of rotatable bonds is 4. The van der Waals surface area contributed by atoms with Crippen LogP contribution in [-0.4, -0.2) is 60.7 Å². The minimum atomic E-state index is -0.412. The lowest BCUT2D eigenvalue weighted by Crippen LogP contribution is -2.45.